The molecule has 5 fully saturated rings. The molecular weight excluding hydrogens is 526 g/mol. The van der Waals surface area contributed by atoms with Crippen molar-refractivity contribution in [3.63, 3.8) is 0 Å². The summed E-state index contributed by atoms with van der Waals surface area (Å²) in [5, 5.41) is 10.4. The number of allylic oxidation sites excluding steroid dienone is 1. The fourth-order valence-corrected chi connectivity index (χ4v) is 8.13. The Kier molecular flexibility index (Phi) is 5.99. The SMILES string of the molecule is O=C(O)C1=C(OCc2ccc(Cl)c(Cl)c2)C[C@@H]2[C@H]1[C@@]2(F)C(=O)OCOC(=O)C12CC3CC(CC(C3)C1)C2. The minimum absolute atomic E-state index is 0.0203. The summed E-state index contributed by atoms with van der Waals surface area (Å²) >= 11 is 11.9. The number of alkyl halides is 1. The number of rotatable bonds is 8. The molecule has 0 spiro atoms. The van der Waals surface area contributed by atoms with E-state index in [1.807, 2.05) is 0 Å². The summed E-state index contributed by atoms with van der Waals surface area (Å²) in [7, 11) is 0. The van der Waals surface area contributed by atoms with E-state index in [2.05, 4.69) is 0 Å². The number of fused-ring (bicyclic) bond motifs is 1. The van der Waals surface area contributed by atoms with Gasteiger partial charge in [0.15, 0.2) is 0 Å². The van der Waals surface area contributed by atoms with Crippen molar-refractivity contribution < 1.29 is 38.1 Å². The molecule has 0 saturated heterocycles. The number of carbonyl (C=O) groups excluding carboxylic acids is 2. The topological polar surface area (TPSA) is 99.1 Å². The Morgan fingerprint density at radius 2 is 1.59 bits per heavy atom. The first-order valence-corrected chi connectivity index (χ1v) is 13.4. The molecule has 6 aliphatic rings. The van der Waals surface area contributed by atoms with Crippen molar-refractivity contribution in [2.45, 2.75) is 57.2 Å². The molecular formula is C27H27Cl2FO7. The van der Waals surface area contributed by atoms with Gasteiger partial charge in [-0.1, -0.05) is 29.3 Å². The highest BCUT2D eigenvalue weighted by molar-refractivity contribution is 6.42. The number of carboxylic acids is 1. The number of benzene rings is 1. The van der Waals surface area contributed by atoms with E-state index >= 15 is 4.39 Å². The molecule has 0 heterocycles. The lowest BCUT2D eigenvalue weighted by Gasteiger charge is -2.55. The van der Waals surface area contributed by atoms with Gasteiger partial charge in [-0.2, -0.15) is 0 Å². The highest BCUT2D eigenvalue weighted by Crippen LogP contribution is 2.66. The second-order valence-corrected chi connectivity index (χ2v) is 12.2. The van der Waals surface area contributed by atoms with Crippen LogP contribution in [0.25, 0.3) is 0 Å². The summed E-state index contributed by atoms with van der Waals surface area (Å²) in [6.45, 7) is -0.649. The Hall–Kier alpha value is -2.32. The lowest BCUT2D eigenvalue weighted by molar-refractivity contribution is -0.189. The molecule has 7 rings (SSSR count). The molecule has 1 aromatic rings. The third-order valence-electron chi connectivity index (χ3n) is 9.09. The predicted molar refractivity (Wildman–Crippen MR) is 129 cm³/mol. The molecule has 7 nitrogen and oxygen atoms in total. The first kappa shape index (κ1) is 25.0. The second kappa shape index (κ2) is 8.87. The molecule has 3 atom stereocenters. The zero-order valence-corrected chi connectivity index (χ0v) is 21.5. The van der Waals surface area contributed by atoms with Gasteiger partial charge in [0.1, 0.15) is 12.4 Å². The number of carboxylic acid groups (broad SMARTS) is 1. The first-order chi connectivity index (χ1) is 17.6. The second-order valence-electron chi connectivity index (χ2n) is 11.4. The first-order valence-electron chi connectivity index (χ1n) is 12.7. The van der Waals surface area contributed by atoms with Crippen LogP contribution in [0.3, 0.4) is 0 Å². The molecule has 37 heavy (non-hydrogen) atoms. The molecule has 198 valence electrons. The molecule has 1 aromatic carbocycles. The monoisotopic (exact) mass is 552 g/mol. The summed E-state index contributed by atoms with van der Waals surface area (Å²) in [5.41, 5.74) is -2.59. The van der Waals surface area contributed by atoms with Gasteiger partial charge in [-0.15, -0.1) is 0 Å². The molecule has 0 aliphatic heterocycles. The van der Waals surface area contributed by atoms with Crippen molar-refractivity contribution in [2.24, 2.45) is 35.0 Å². The molecule has 0 radical (unpaired) electrons. The number of carbonyl (C=O) groups is 3. The Bertz CT molecular complexity index is 1180. The van der Waals surface area contributed by atoms with E-state index in [0.717, 1.165) is 19.3 Å². The van der Waals surface area contributed by atoms with Crippen molar-refractivity contribution in [3.8, 4) is 0 Å². The fraction of sp³-hybridized carbons (Fsp3) is 0.593. The maximum atomic E-state index is 15.6. The van der Waals surface area contributed by atoms with Crippen molar-refractivity contribution in [2.75, 3.05) is 6.79 Å². The van der Waals surface area contributed by atoms with E-state index in [0.29, 0.717) is 33.4 Å². The molecule has 0 aromatic heterocycles. The maximum absolute atomic E-state index is 15.6. The Labute approximate surface area is 223 Å². The molecule has 5 saturated carbocycles. The van der Waals surface area contributed by atoms with Crippen LogP contribution in [0.5, 0.6) is 0 Å². The highest BCUT2D eigenvalue weighted by atomic mass is 35.5. The van der Waals surface area contributed by atoms with Crippen molar-refractivity contribution >= 4 is 41.1 Å². The summed E-state index contributed by atoms with van der Waals surface area (Å²) in [4.78, 5) is 37.5. The van der Waals surface area contributed by atoms with Crippen LogP contribution in [-0.4, -0.2) is 35.5 Å². The largest absolute Gasteiger partial charge is 0.493 e. The number of aliphatic carboxylic acids is 1. The van der Waals surface area contributed by atoms with E-state index in [4.69, 9.17) is 37.4 Å². The number of hydrogen-bond acceptors (Lipinski definition) is 6. The minimum atomic E-state index is -2.47. The predicted octanol–water partition coefficient (Wildman–Crippen LogP) is 5.47. The maximum Gasteiger partial charge on any atom is 0.347 e. The Morgan fingerprint density at radius 1 is 0.973 bits per heavy atom. The molecule has 4 bridgehead atoms. The highest BCUT2D eigenvalue weighted by Gasteiger charge is 2.78. The molecule has 1 N–H and O–H groups in total. The normalized spacial score (nSPS) is 36.8. The van der Waals surface area contributed by atoms with Gasteiger partial charge in [-0.3, -0.25) is 4.79 Å². The standard InChI is InChI=1S/C27H27Cl2FO7/c28-18-2-1-13(6-19(18)29)11-35-20-7-17-22(21(20)23(31)32)27(17,30)25(34)37-12-36-24(33)26-8-14-3-15(9-26)5-16(4-14)10-26/h1-2,6,14-17,22H,3-5,7-12H2,(H,31,32)/t14?,15?,16?,17-,22-,26?,27-/m1/s1. The fourth-order valence-electron chi connectivity index (χ4n) is 7.81. The van der Waals surface area contributed by atoms with Crippen LogP contribution < -0.4 is 0 Å². The smallest absolute Gasteiger partial charge is 0.347 e. The lowest BCUT2D eigenvalue weighted by atomic mass is 9.49. The van der Waals surface area contributed by atoms with Gasteiger partial charge >= 0.3 is 17.9 Å². The quantitative estimate of drug-likeness (QED) is 0.337. The van der Waals surface area contributed by atoms with Crippen molar-refractivity contribution in [1.82, 2.24) is 0 Å². The zero-order chi connectivity index (χ0) is 26.1. The van der Waals surface area contributed by atoms with E-state index < -0.39 is 41.7 Å². The van der Waals surface area contributed by atoms with Crippen LogP contribution in [-0.2, 0) is 35.2 Å². The lowest BCUT2D eigenvalue weighted by Crippen LogP contribution is -2.50. The van der Waals surface area contributed by atoms with Gasteiger partial charge in [0.05, 0.1) is 21.0 Å². The van der Waals surface area contributed by atoms with Crippen LogP contribution in [0.4, 0.5) is 4.39 Å². The van der Waals surface area contributed by atoms with Crippen LogP contribution >= 0.6 is 23.2 Å². The van der Waals surface area contributed by atoms with E-state index in [9.17, 15) is 19.5 Å². The average molecular weight is 553 g/mol. The third kappa shape index (κ3) is 4.11. The van der Waals surface area contributed by atoms with Gasteiger partial charge < -0.3 is 19.3 Å². The molecule has 0 amide bonds. The summed E-state index contributed by atoms with van der Waals surface area (Å²) in [5.74, 6) is -3.20. The number of hydrogen-bond donors (Lipinski definition) is 1. The summed E-state index contributed by atoms with van der Waals surface area (Å²) < 4.78 is 31.6. The van der Waals surface area contributed by atoms with Crippen LogP contribution in [0.2, 0.25) is 10.0 Å². The molecule has 0 unspecified atom stereocenters. The van der Waals surface area contributed by atoms with Gasteiger partial charge in [0.25, 0.3) is 0 Å². The average Bonchev–Trinajstić information content (AvgIpc) is 3.21. The summed E-state index contributed by atoms with van der Waals surface area (Å²) in [6.07, 6.45) is 5.89. The Balaban J connectivity index is 1.06. The van der Waals surface area contributed by atoms with Crippen molar-refractivity contribution in [3.05, 3.63) is 45.1 Å². The Morgan fingerprint density at radius 3 is 2.19 bits per heavy atom. The van der Waals surface area contributed by atoms with E-state index in [1.54, 1.807) is 18.2 Å². The zero-order valence-electron chi connectivity index (χ0n) is 20.0. The van der Waals surface area contributed by atoms with Crippen LogP contribution in [0.15, 0.2) is 29.5 Å². The van der Waals surface area contributed by atoms with Gasteiger partial charge in [-0.25, -0.2) is 14.0 Å². The van der Waals surface area contributed by atoms with Crippen LogP contribution in [0, 0.1) is 35.0 Å². The third-order valence-corrected chi connectivity index (χ3v) is 9.83. The minimum Gasteiger partial charge on any atom is -0.493 e. The van der Waals surface area contributed by atoms with E-state index in [-0.39, 0.29) is 30.3 Å². The number of halogens is 3. The summed E-state index contributed by atoms with van der Waals surface area (Å²) in [6, 6.07) is 4.88. The van der Waals surface area contributed by atoms with E-state index in [1.165, 1.54) is 19.3 Å². The molecule has 6 aliphatic carbocycles. The van der Waals surface area contributed by atoms with Crippen LogP contribution in [0.1, 0.15) is 50.5 Å². The van der Waals surface area contributed by atoms with Crippen molar-refractivity contribution in [1.29, 1.82) is 0 Å². The number of esters is 2. The number of ether oxygens (including phenoxy) is 3. The van der Waals surface area contributed by atoms with Gasteiger partial charge in [0.2, 0.25) is 12.5 Å². The van der Waals surface area contributed by atoms with Gasteiger partial charge in [-0.05, 0) is 74.0 Å². The molecule has 10 heteroatoms. The van der Waals surface area contributed by atoms with Gasteiger partial charge in [0, 0.05) is 18.3 Å².